The number of halogens is 1. The molecule has 0 fully saturated rings. The number of carboxylic acids is 1. The molecule has 0 unspecified atom stereocenters. The second-order valence-corrected chi connectivity index (χ2v) is 4.86. The Bertz CT molecular complexity index is 470. The Morgan fingerprint density at radius 3 is 2.58 bits per heavy atom. The normalized spacial score (nSPS) is 12.5. The lowest BCUT2D eigenvalue weighted by molar-refractivity contribution is -0.139. The Labute approximate surface area is 116 Å². The van der Waals surface area contributed by atoms with Crippen molar-refractivity contribution < 1.29 is 19.8 Å². The molecular weight excluding hydrogens is 272 g/mol. The highest BCUT2D eigenvalue weighted by Gasteiger charge is 2.22. The highest BCUT2D eigenvalue weighted by molar-refractivity contribution is 6.31. The minimum absolute atomic E-state index is 0.0226. The van der Waals surface area contributed by atoms with E-state index in [1.165, 1.54) is 6.07 Å². The molecule has 1 atom stereocenters. The molecule has 0 aromatic carbocycles. The van der Waals surface area contributed by atoms with Crippen LogP contribution in [0.5, 0.6) is 0 Å². The summed E-state index contributed by atoms with van der Waals surface area (Å²) in [5.41, 5.74) is 0.296. The minimum atomic E-state index is -1.18. The van der Waals surface area contributed by atoms with Crippen molar-refractivity contribution in [3.8, 4) is 0 Å². The lowest BCUT2D eigenvalue weighted by Crippen LogP contribution is -2.42. The number of hydrogen-bond acceptors (Lipinski definition) is 3. The average molecular weight is 289 g/mol. The number of aliphatic hydroxyl groups excluding tert-OH is 1. The summed E-state index contributed by atoms with van der Waals surface area (Å²) >= 11 is 5.86. The van der Waals surface area contributed by atoms with Crippen molar-refractivity contribution in [2.45, 2.75) is 32.4 Å². The molecule has 1 heterocycles. The molecule has 0 aliphatic heterocycles. The molecule has 1 aromatic heterocycles. The van der Waals surface area contributed by atoms with Crippen LogP contribution in [0.3, 0.4) is 0 Å². The molecule has 19 heavy (non-hydrogen) atoms. The number of carboxylic acid groups (broad SMARTS) is 1. The first-order valence-electron chi connectivity index (χ1n) is 5.88. The van der Waals surface area contributed by atoms with Gasteiger partial charge in [-0.15, -0.1) is 0 Å². The van der Waals surface area contributed by atoms with Crippen LogP contribution in [-0.4, -0.2) is 39.3 Å². The number of amides is 1. The molecule has 0 saturated carbocycles. The van der Waals surface area contributed by atoms with Gasteiger partial charge in [-0.2, -0.15) is 0 Å². The molecule has 106 valence electrons. The van der Waals surface area contributed by atoms with Crippen LogP contribution >= 0.6 is 11.6 Å². The van der Waals surface area contributed by atoms with Crippen LogP contribution in [0, 0.1) is 0 Å². The van der Waals surface area contributed by atoms with Crippen molar-refractivity contribution >= 4 is 23.5 Å². The van der Waals surface area contributed by atoms with Crippen molar-refractivity contribution in [1.82, 2.24) is 9.88 Å². The van der Waals surface area contributed by atoms with E-state index < -0.39 is 17.9 Å². The van der Waals surface area contributed by atoms with E-state index in [1.54, 1.807) is 10.8 Å². The molecule has 3 N–H and O–H groups in total. The first-order valence-corrected chi connectivity index (χ1v) is 6.26. The highest BCUT2D eigenvalue weighted by Crippen LogP contribution is 2.19. The maximum absolute atomic E-state index is 12.0. The zero-order chi connectivity index (χ0) is 14.6. The Balaban J connectivity index is 2.91. The van der Waals surface area contributed by atoms with E-state index in [2.05, 4.69) is 5.32 Å². The van der Waals surface area contributed by atoms with E-state index in [4.69, 9.17) is 21.8 Å². The third-order valence-electron chi connectivity index (χ3n) is 2.63. The van der Waals surface area contributed by atoms with Crippen molar-refractivity contribution in [1.29, 1.82) is 0 Å². The fraction of sp³-hybridized carbons (Fsp3) is 0.500. The molecule has 1 aromatic rings. The largest absolute Gasteiger partial charge is 0.480 e. The van der Waals surface area contributed by atoms with Crippen LogP contribution in [-0.2, 0) is 4.79 Å². The Hall–Kier alpha value is -1.53. The van der Waals surface area contributed by atoms with Gasteiger partial charge in [-0.05, 0) is 19.9 Å². The molecule has 0 saturated heterocycles. The quantitative estimate of drug-likeness (QED) is 0.735. The Morgan fingerprint density at radius 2 is 2.11 bits per heavy atom. The van der Waals surface area contributed by atoms with E-state index in [-0.39, 0.29) is 19.1 Å². The molecule has 1 rings (SSSR count). The molecule has 0 aliphatic carbocycles. The van der Waals surface area contributed by atoms with E-state index >= 15 is 0 Å². The summed E-state index contributed by atoms with van der Waals surface area (Å²) in [6.45, 7) is 3.45. The number of aliphatic hydroxyl groups is 1. The van der Waals surface area contributed by atoms with Crippen LogP contribution in [0.4, 0.5) is 0 Å². The summed E-state index contributed by atoms with van der Waals surface area (Å²) in [5, 5.41) is 20.5. The maximum Gasteiger partial charge on any atom is 0.326 e. The van der Waals surface area contributed by atoms with Gasteiger partial charge in [-0.25, -0.2) is 4.79 Å². The number of hydrogen-bond donors (Lipinski definition) is 3. The van der Waals surface area contributed by atoms with E-state index in [1.807, 2.05) is 13.8 Å². The van der Waals surface area contributed by atoms with E-state index in [0.717, 1.165) is 0 Å². The van der Waals surface area contributed by atoms with Gasteiger partial charge in [0.15, 0.2) is 0 Å². The first-order chi connectivity index (χ1) is 8.86. The number of nitrogens with zero attached hydrogens (tertiary/aromatic N) is 1. The number of nitrogens with one attached hydrogen (secondary N) is 1. The van der Waals surface area contributed by atoms with Gasteiger partial charge in [0.1, 0.15) is 11.7 Å². The van der Waals surface area contributed by atoms with Gasteiger partial charge < -0.3 is 20.1 Å². The fourth-order valence-corrected chi connectivity index (χ4v) is 1.88. The zero-order valence-electron chi connectivity index (χ0n) is 10.8. The molecule has 0 spiro atoms. The lowest BCUT2D eigenvalue weighted by atomic mass is 10.2. The predicted molar refractivity (Wildman–Crippen MR) is 70.4 cm³/mol. The second-order valence-electron chi connectivity index (χ2n) is 4.42. The van der Waals surface area contributed by atoms with Crippen molar-refractivity contribution in [2.24, 2.45) is 0 Å². The molecule has 0 bridgehead atoms. The summed E-state index contributed by atoms with van der Waals surface area (Å²) in [5.74, 6) is -1.71. The van der Waals surface area contributed by atoms with Crippen LogP contribution in [0.1, 0.15) is 36.8 Å². The highest BCUT2D eigenvalue weighted by atomic mass is 35.5. The van der Waals surface area contributed by atoms with Crippen LogP contribution < -0.4 is 5.32 Å². The lowest BCUT2D eigenvalue weighted by Gasteiger charge is -2.16. The zero-order valence-corrected chi connectivity index (χ0v) is 11.5. The summed E-state index contributed by atoms with van der Waals surface area (Å²) in [6.07, 6.45) is 1.57. The van der Waals surface area contributed by atoms with Gasteiger partial charge in [0, 0.05) is 25.3 Å². The van der Waals surface area contributed by atoms with E-state index in [0.29, 0.717) is 10.7 Å². The molecule has 6 nitrogen and oxygen atoms in total. The second kappa shape index (κ2) is 6.58. The number of aliphatic carboxylic acids is 1. The molecule has 0 radical (unpaired) electrons. The van der Waals surface area contributed by atoms with Crippen molar-refractivity contribution in [3.05, 3.63) is 23.0 Å². The van der Waals surface area contributed by atoms with Gasteiger partial charge in [0.05, 0.1) is 5.02 Å². The van der Waals surface area contributed by atoms with Gasteiger partial charge in [0.2, 0.25) is 0 Å². The molecule has 1 amide bonds. The number of carbonyl (C=O) groups is 2. The third-order valence-corrected chi connectivity index (χ3v) is 2.83. The minimum Gasteiger partial charge on any atom is -0.480 e. The van der Waals surface area contributed by atoms with Gasteiger partial charge in [-0.3, -0.25) is 4.79 Å². The molecular formula is C12H17ClN2O4. The van der Waals surface area contributed by atoms with Crippen molar-refractivity contribution in [2.75, 3.05) is 6.61 Å². The summed E-state index contributed by atoms with van der Waals surface area (Å²) < 4.78 is 1.66. The maximum atomic E-state index is 12.0. The van der Waals surface area contributed by atoms with Crippen LogP contribution in [0.25, 0.3) is 0 Å². The average Bonchev–Trinajstić information content (AvgIpc) is 2.70. The molecule has 7 heteroatoms. The van der Waals surface area contributed by atoms with E-state index in [9.17, 15) is 9.59 Å². The Kier molecular flexibility index (Phi) is 5.38. The number of aromatic nitrogens is 1. The van der Waals surface area contributed by atoms with Crippen LogP contribution in [0.2, 0.25) is 5.02 Å². The molecule has 0 aliphatic rings. The Morgan fingerprint density at radius 1 is 1.47 bits per heavy atom. The fourth-order valence-electron chi connectivity index (χ4n) is 1.67. The SMILES string of the molecule is CC(C)n1cc(Cl)cc1C(=O)N[C@H](CCO)C(=O)O. The predicted octanol–water partition coefficient (Wildman–Crippen LogP) is 1.29. The standard InChI is InChI=1S/C12H17ClN2O4/c1-7(2)15-6-8(13)5-10(15)11(17)14-9(3-4-16)12(18)19/h5-7,9,16H,3-4H2,1-2H3,(H,14,17)(H,18,19)/t9-/m1/s1. The third kappa shape index (κ3) is 3.97. The number of rotatable bonds is 6. The summed E-state index contributed by atoms with van der Waals surface area (Å²) in [7, 11) is 0. The van der Waals surface area contributed by atoms with Crippen LogP contribution in [0.15, 0.2) is 12.3 Å². The van der Waals surface area contributed by atoms with Crippen molar-refractivity contribution in [3.63, 3.8) is 0 Å². The smallest absolute Gasteiger partial charge is 0.326 e. The summed E-state index contributed by atoms with van der Waals surface area (Å²) in [4.78, 5) is 23.0. The topological polar surface area (TPSA) is 91.6 Å². The van der Waals surface area contributed by atoms with Gasteiger partial charge in [0.25, 0.3) is 5.91 Å². The monoisotopic (exact) mass is 288 g/mol. The summed E-state index contributed by atoms with van der Waals surface area (Å²) in [6, 6.07) is 0.385. The number of carbonyl (C=O) groups excluding carboxylic acids is 1. The van der Waals surface area contributed by atoms with Gasteiger partial charge >= 0.3 is 5.97 Å². The first kappa shape index (κ1) is 15.5. The van der Waals surface area contributed by atoms with Gasteiger partial charge in [-0.1, -0.05) is 11.6 Å².